The highest BCUT2D eigenvalue weighted by atomic mass is 16.2. The van der Waals surface area contributed by atoms with Crippen LogP contribution in [0.25, 0.3) is 11.3 Å². The first-order chi connectivity index (χ1) is 10.2. The zero-order valence-electron chi connectivity index (χ0n) is 12.2. The summed E-state index contributed by atoms with van der Waals surface area (Å²) in [6.07, 6.45) is 2.03. The molecule has 1 aliphatic rings. The van der Waals surface area contributed by atoms with E-state index < -0.39 is 0 Å². The number of hydrogen-bond acceptors (Lipinski definition) is 3. The molecule has 1 fully saturated rings. The summed E-state index contributed by atoms with van der Waals surface area (Å²) in [5, 5.41) is 7.48. The van der Waals surface area contributed by atoms with Crippen molar-refractivity contribution in [2.45, 2.75) is 32.9 Å². The van der Waals surface area contributed by atoms with E-state index in [2.05, 4.69) is 10.4 Å². The Morgan fingerprint density at radius 1 is 1.38 bits per heavy atom. The highest BCUT2D eigenvalue weighted by molar-refractivity contribution is 5.94. The van der Waals surface area contributed by atoms with Crippen LogP contribution in [0.3, 0.4) is 0 Å². The molecule has 3 N–H and O–H groups in total. The molecule has 3 rings (SSSR count). The standard InChI is InChI=1S/C16H20N4O/c1-2-20-14(10-17)9-15(19-20)11-5-7-13(8-6-11)18-16(21)12-3-4-12/h5-9,12H,2-4,10,17H2,1H3,(H,18,21). The molecule has 2 aromatic rings. The summed E-state index contributed by atoms with van der Waals surface area (Å²) in [5.41, 5.74) is 9.53. The van der Waals surface area contributed by atoms with Gasteiger partial charge in [-0.25, -0.2) is 0 Å². The molecule has 0 aliphatic heterocycles. The molecule has 110 valence electrons. The number of carbonyl (C=O) groups excluding carboxylic acids is 1. The Morgan fingerprint density at radius 2 is 2.10 bits per heavy atom. The maximum absolute atomic E-state index is 11.7. The molecule has 1 saturated carbocycles. The quantitative estimate of drug-likeness (QED) is 0.885. The molecule has 0 atom stereocenters. The third-order valence-electron chi connectivity index (χ3n) is 3.77. The van der Waals surface area contributed by atoms with Gasteiger partial charge in [0.2, 0.25) is 5.91 Å². The third kappa shape index (κ3) is 2.97. The van der Waals surface area contributed by atoms with Crippen LogP contribution in [0.1, 0.15) is 25.5 Å². The molecule has 5 heteroatoms. The van der Waals surface area contributed by atoms with Crippen LogP contribution in [-0.2, 0) is 17.9 Å². The van der Waals surface area contributed by atoms with Gasteiger partial charge in [0.25, 0.3) is 0 Å². The number of nitrogens with two attached hydrogens (primary N) is 1. The lowest BCUT2D eigenvalue weighted by Crippen LogP contribution is -2.12. The summed E-state index contributed by atoms with van der Waals surface area (Å²) in [7, 11) is 0. The summed E-state index contributed by atoms with van der Waals surface area (Å²) in [4.78, 5) is 11.7. The first-order valence-corrected chi connectivity index (χ1v) is 7.39. The van der Waals surface area contributed by atoms with Gasteiger partial charge in [-0.2, -0.15) is 5.10 Å². The average molecular weight is 284 g/mol. The van der Waals surface area contributed by atoms with Gasteiger partial charge in [-0.1, -0.05) is 12.1 Å². The Bertz CT molecular complexity index is 619. The van der Waals surface area contributed by atoms with Crippen LogP contribution >= 0.6 is 0 Å². The van der Waals surface area contributed by atoms with Crippen LogP contribution in [0.15, 0.2) is 30.3 Å². The second-order valence-corrected chi connectivity index (χ2v) is 5.38. The molecule has 1 aromatic carbocycles. The topological polar surface area (TPSA) is 72.9 Å². The van der Waals surface area contributed by atoms with Crippen molar-refractivity contribution in [3.05, 3.63) is 36.0 Å². The van der Waals surface area contributed by atoms with Crippen molar-refractivity contribution in [2.75, 3.05) is 5.32 Å². The number of hydrogen-bond donors (Lipinski definition) is 2. The number of aryl methyl sites for hydroxylation is 1. The minimum absolute atomic E-state index is 0.128. The van der Waals surface area contributed by atoms with Gasteiger partial charge in [0.1, 0.15) is 0 Å². The second kappa shape index (κ2) is 5.69. The monoisotopic (exact) mass is 284 g/mol. The Morgan fingerprint density at radius 3 is 2.62 bits per heavy atom. The summed E-state index contributed by atoms with van der Waals surface area (Å²) in [5.74, 6) is 0.348. The van der Waals surface area contributed by atoms with Crippen molar-refractivity contribution in [3.63, 3.8) is 0 Å². The number of anilines is 1. The fraction of sp³-hybridized carbons (Fsp3) is 0.375. The van der Waals surface area contributed by atoms with Crippen molar-refractivity contribution < 1.29 is 4.79 Å². The van der Waals surface area contributed by atoms with E-state index in [9.17, 15) is 4.79 Å². The highest BCUT2D eigenvalue weighted by Crippen LogP contribution is 2.30. The van der Waals surface area contributed by atoms with Gasteiger partial charge in [-0.15, -0.1) is 0 Å². The fourth-order valence-electron chi connectivity index (χ4n) is 2.35. The van der Waals surface area contributed by atoms with E-state index in [1.807, 2.05) is 41.9 Å². The third-order valence-corrected chi connectivity index (χ3v) is 3.77. The smallest absolute Gasteiger partial charge is 0.227 e. The van der Waals surface area contributed by atoms with Gasteiger partial charge < -0.3 is 11.1 Å². The van der Waals surface area contributed by atoms with Gasteiger partial charge in [-0.05, 0) is 38.0 Å². The molecule has 0 radical (unpaired) electrons. The number of benzene rings is 1. The molecule has 0 spiro atoms. The van der Waals surface area contributed by atoms with E-state index in [1.165, 1.54) is 0 Å². The van der Waals surface area contributed by atoms with Crippen LogP contribution in [0.2, 0.25) is 0 Å². The van der Waals surface area contributed by atoms with Crippen molar-refractivity contribution in [2.24, 2.45) is 11.7 Å². The lowest BCUT2D eigenvalue weighted by molar-refractivity contribution is -0.117. The van der Waals surface area contributed by atoms with E-state index in [0.717, 1.165) is 42.0 Å². The van der Waals surface area contributed by atoms with Crippen LogP contribution in [0, 0.1) is 5.92 Å². The number of rotatable bonds is 5. The summed E-state index contributed by atoms with van der Waals surface area (Å²) in [6, 6.07) is 9.81. The van der Waals surface area contributed by atoms with Crippen LogP contribution in [0.4, 0.5) is 5.69 Å². The summed E-state index contributed by atoms with van der Waals surface area (Å²) >= 11 is 0. The molecule has 0 unspecified atom stereocenters. The van der Waals surface area contributed by atoms with Crippen molar-refractivity contribution >= 4 is 11.6 Å². The van der Waals surface area contributed by atoms with Gasteiger partial charge in [0.15, 0.2) is 0 Å². The Balaban J connectivity index is 1.76. The molecular formula is C16H20N4O. The second-order valence-electron chi connectivity index (χ2n) is 5.38. The van der Waals surface area contributed by atoms with Gasteiger partial charge in [-0.3, -0.25) is 9.48 Å². The highest BCUT2D eigenvalue weighted by Gasteiger charge is 2.29. The normalized spacial score (nSPS) is 14.2. The number of aromatic nitrogens is 2. The van der Waals surface area contributed by atoms with Gasteiger partial charge in [0.05, 0.1) is 11.4 Å². The summed E-state index contributed by atoms with van der Waals surface area (Å²) < 4.78 is 1.91. The zero-order chi connectivity index (χ0) is 14.8. The number of carbonyl (C=O) groups is 1. The molecule has 0 saturated heterocycles. The van der Waals surface area contributed by atoms with Crippen LogP contribution in [0.5, 0.6) is 0 Å². The van der Waals surface area contributed by atoms with E-state index >= 15 is 0 Å². The van der Waals surface area contributed by atoms with E-state index in [0.29, 0.717) is 6.54 Å². The minimum atomic E-state index is 0.128. The molecule has 5 nitrogen and oxygen atoms in total. The Kier molecular flexibility index (Phi) is 3.75. The largest absolute Gasteiger partial charge is 0.326 e. The van der Waals surface area contributed by atoms with E-state index in [-0.39, 0.29) is 11.8 Å². The van der Waals surface area contributed by atoms with E-state index in [4.69, 9.17) is 5.73 Å². The first-order valence-electron chi connectivity index (χ1n) is 7.39. The SMILES string of the molecule is CCn1nc(-c2ccc(NC(=O)C3CC3)cc2)cc1CN. The number of nitrogens with one attached hydrogen (secondary N) is 1. The molecule has 0 bridgehead atoms. The maximum atomic E-state index is 11.7. The number of nitrogens with zero attached hydrogens (tertiary/aromatic N) is 2. The van der Waals surface area contributed by atoms with Crippen LogP contribution < -0.4 is 11.1 Å². The summed E-state index contributed by atoms with van der Waals surface area (Å²) in [6.45, 7) is 3.34. The lowest BCUT2D eigenvalue weighted by Gasteiger charge is -2.04. The van der Waals surface area contributed by atoms with Crippen molar-refractivity contribution in [1.82, 2.24) is 9.78 Å². The Hall–Kier alpha value is -2.14. The average Bonchev–Trinajstić information content (AvgIpc) is 3.27. The predicted molar refractivity (Wildman–Crippen MR) is 82.6 cm³/mol. The molecule has 1 aromatic heterocycles. The molecule has 1 heterocycles. The molecule has 21 heavy (non-hydrogen) atoms. The van der Waals surface area contributed by atoms with Gasteiger partial charge >= 0.3 is 0 Å². The van der Waals surface area contributed by atoms with Crippen molar-refractivity contribution in [1.29, 1.82) is 0 Å². The number of amides is 1. The molecular weight excluding hydrogens is 264 g/mol. The Labute approximate surface area is 124 Å². The zero-order valence-corrected chi connectivity index (χ0v) is 12.2. The lowest BCUT2D eigenvalue weighted by atomic mass is 10.1. The fourth-order valence-corrected chi connectivity index (χ4v) is 2.35. The minimum Gasteiger partial charge on any atom is -0.326 e. The maximum Gasteiger partial charge on any atom is 0.227 e. The first kappa shape index (κ1) is 13.8. The molecule has 1 aliphatic carbocycles. The van der Waals surface area contributed by atoms with E-state index in [1.54, 1.807) is 0 Å². The van der Waals surface area contributed by atoms with Crippen molar-refractivity contribution in [3.8, 4) is 11.3 Å². The molecule has 1 amide bonds. The van der Waals surface area contributed by atoms with Gasteiger partial charge in [0, 0.05) is 30.3 Å². The van der Waals surface area contributed by atoms with Crippen LogP contribution in [-0.4, -0.2) is 15.7 Å². The predicted octanol–water partition coefficient (Wildman–Crippen LogP) is 2.38.